The Kier molecular flexibility index (Phi) is 5.75. The first-order valence-corrected chi connectivity index (χ1v) is 11.9. The summed E-state index contributed by atoms with van der Waals surface area (Å²) in [6.07, 6.45) is 5.22. The van der Waals surface area contributed by atoms with Crippen LogP contribution in [0.15, 0.2) is 78.1 Å². The fraction of sp³-hybridized carbons (Fsp3) is 0.120. The number of nitrogens with two attached hydrogens (primary N) is 1. The average molecular weight is 583 g/mol. The van der Waals surface area contributed by atoms with E-state index < -0.39 is 5.54 Å². The third-order valence-corrected chi connectivity index (χ3v) is 6.97. The quantitative estimate of drug-likeness (QED) is 0.253. The first-order chi connectivity index (χ1) is 16.3. The van der Waals surface area contributed by atoms with Gasteiger partial charge in [-0.05, 0) is 58.5 Å². The van der Waals surface area contributed by atoms with Crippen molar-refractivity contribution in [3.05, 3.63) is 109 Å². The van der Waals surface area contributed by atoms with E-state index in [1.807, 2.05) is 48.0 Å². The number of fused-ring (bicyclic) bond motifs is 1. The summed E-state index contributed by atoms with van der Waals surface area (Å²) in [7, 11) is 3.61. The summed E-state index contributed by atoms with van der Waals surface area (Å²) >= 11 is 8.43. The van der Waals surface area contributed by atoms with Crippen molar-refractivity contribution >= 4 is 45.2 Å². The highest BCUT2D eigenvalue weighted by Crippen LogP contribution is 2.36. The molecule has 0 unspecified atom stereocenters. The Balaban J connectivity index is 1.84. The molecule has 0 saturated carbocycles. The largest absolute Gasteiger partial charge is 0.336 e. The maximum atomic E-state index is 12.7. The zero-order valence-corrected chi connectivity index (χ0v) is 21.3. The van der Waals surface area contributed by atoms with Crippen molar-refractivity contribution in [3.63, 3.8) is 0 Å². The molecule has 0 bridgehead atoms. The van der Waals surface area contributed by atoms with Gasteiger partial charge in [0.25, 0.3) is 5.56 Å². The molecular formula is C25H20ClIN6O. The maximum Gasteiger partial charge on any atom is 0.252 e. The molecule has 0 radical (unpaired) electrons. The van der Waals surface area contributed by atoms with Crippen LogP contribution >= 0.6 is 34.2 Å². The molecule has 0 saturated heterocycles. The van der Waals surface area contributed by atoms with Crippen LogP contribution < -0.4 is 11.3 Å². The van der Waals surface area contributed by atoms with Gasteiger partial charge in [-0.3, -0.25) is 9.36 Å². The van der Waals surface area contributed by atoms with Crippen LogP contribution in [0.25, 0.3) is 22.3 Å². The lowest BCUT2D eigenvalue weighted by molar-refractivity contribution is 0.594. The molecule has 2 N–H and O–H groups in total. The number of aromatic nitrogens is 5. The zero-order valence-electron chi connectivity index (χ0n) is 18.4. The molecule has 0 aliphatic carbocycles. The highest BCUT2D eigenvalue weighted by Gasteiger charge is 2.35. The Bertz CT molecular complexity index is 1590. The minimum absolute atomic E-state index is 0.187. The van der Waals surface area contributed by atoms with E-state index in [9.17, 15) is 4.79 Å². The first kappa shape index (κ1) is 22.7. The molecule has 1 atom stereocenters. The van der Waals surface area contributed by atoms with E-state index in [0.29, 0.717) is 22.1 Å². The lowest BCUT2D eigenvalue weighted by atomic mass is 9.81. The molecule has 1 aromatic carbocycles. The van der Waals surface area contributed by atoms with Gasteiger partial charge in [0.15, 0.2) is 0 Å². The first-order valence-electron chi connectivity index (χ1n) is 10.4. The molecule has 5 rings (SSSR count). The molecule has 7 nitrogen and oxygen atoms in total. The van der Waals surface area contributed by atoms with Gasteiger partial charge in [-0.25, -0.2) is 15.0 Å². The number of hydrogen-bond donors (Lipinski definition) is 1. The number of hydrogen-bond acceptors (Lipinski definition) is 5. The van der Waals surface area contributed by atoms with Crippen LogP contribution in [-0.2, 0) is 19.6 Å². The zero-order chi connectivity index (χ0) is 24.0. The van der Waals surface area contributed by atoms with Gasteiger partial charge < -0.3 is 10.3 Å². The minimum Gasteiger partial charge on any atom is -0.336 e. The van der Waals surface area contributed by atoms with Crippen LogP contribution in [0.4, 0.5) is 0 Å². The van der Waals surface area contributed by atoms with Crippen LogP contribution in [-0.4, -0.2) is 24.1 Å². The van der Waals surface area contributed by atoms with Crippen LogP contribution in [0.5, 0.6) is 0 Å². The van der Waals surface area contributed by atoms with E-state index in [1.54, 1.807) is 44.0 Å². The number of nitrogens with zero attached hydrogens (tertiary/aromatic N) is 5. The van der Waals surface area contributed by atoms with Gasteiger partial charge in [-0.15, -0.1) is 0 Å². The highest BCUT2D eigenvalue weighted by molar-refractivity contribution is 14.1. The standard InChI is InChI=1S/C25H20ClIN6O/c1-32-14-29-13-21(32)25(28,15-6-8-17(27)9-7-15)16-10-19-18(20-4-3-5-22(26)31-20)11-23(34)33(2)24(19)30-12-16/h3-14H,28H2,1-2H3/t25-/m1/s1. The van der Waals surface area contributed by atoms with Crippen molar-refractivity contribution in [1.82, 2.24) is 24.1 Å². The molecule has 0 aliphatic rings. The fourth-order valence-electron chi connectivity index (χ4n) is 4.22. The molecule has 5 aromatic rings. The lowest BCUT2D eigenvalue weighted by Crippen LogP contribution is -2.41. The van der Waals surface area contributed by atoms with E-state index in [-0.39, 0.29) is 5.56 Å². The van der Waals surface area contributed by atoms with Gasteiger partial charge in [-0.1, -0.05) is 29.8 Å². The Morgan fingerprint density at radius 1 is 1.03 bits per heavy atom. The molecule has 4 aromatic heterocycles. The van der Waals surface area contributed by atoms with Gasteiger partial charge in [0, 0.05) is 46.4 Å². The van der Waals surface area contributed by atoms with E-state index in [1.165, 1.54) is 4.57 Å². The molecule has 0 aliphatic heterocycles. The predicted octanol–water partition coefficient (Wildman–Crippen LogP) is 4.24. The van der Waals surface area contributed by atoms with Gasteiger partial charge in [0.05, 0.1) is 23.9 Å². The number of benzene rings is 1. The highest BCUT2D eigenvalue weighted by atomic mass is 127. The minimum atomic E-state index is -1.04. The van der Waals surface area contributed by atoms with Gasteiger partial charge in [-0.2, -0.15) is 0 Å². The van der Waals surface area contributed by atoms with E-state index in [4.69, 9.17) is 17.3 Å². The summed E-state index contributed by atoms with van der Waals surface area (Å²) in [4.78, 5) is 26.1. The van der Waals surface area contributed by atoms with Crippen LogP contribution in [0, 0.1) is 3.57 Å². The lowest BCUT2D eigenvalue weighted by Gasteiger charge is -2.31. The Hall–Kier alpha value is -3.08. The number of imidazole rings is 1. The maximum absolute atomic E-state index is 12.7. The van der Waals surface area contributed by atoms with Crippen LogP contribution in [0.3, 0.4) is 0 Å². The molecule has 0 amide bonds. The Morgan fingerprint density at radius 2 is 1.79 bits per heavy atom. The van der Waals surface area contributed by atoms with Crippen LogP contribution in [0.1, 0.15) is 16.8 Å². The molecular weight excluding hydrogens is 563 g/mol. The molecule has 9 heteroatoms. The Morgan fingerprint density at radius 3 is 2.47 bits per heavy atom. The topological polar surface area (TPSA) is 91.6 Å². The fourth-order valence-corrected chi connectivity index (χ4v) is 4.75. The second kappa shape index (κ2) is 8.61. The van der Waals surface area contributed by atoms with Gasteiger partial charge in [0.1, 0.15) is 16.3 Å². The summed E-state index contributed by atoms with van der Waals surface area (Å²) in [5.74, 6) is 0. The van der Waals surface area contributed by atoms with Crippen molar-refractivity contribution in [1.29, 1.82) is 0 Å². The summed E-state index contributed by atoms with van der Waals surface area (Å²) in [6, 6.07) is 16.9. The normalized spacial score (nSPS) is 13.2. The van der Waals surface area contributed by atoms with Crippen molar-refractivity contribution in [2.75, 3.05) is 0 Å². The summed E-state index contributed by atoms with van der Waals surface area (Å²) in [5.41, 5.74) is 10.2. The number of pyridine rings is 3. The van der Waals surface area contributed by atoms with Crippen molar-refractivity contribution in [2.45, 2.75) is 5.54 Å². The van der Waals surface area contributed by atoms with Crippen molar-refractivity contribution in [2.24, 2.45) is 19.8 Å². The molecule has 34 heavy (non-hydrogen) atoms. The van der Waals surface area contributed by atoms with Crippen molar-refractivity contribution < 1.29 is 0 Å². The number of aryl methyl sites for hydroxylation is 2. The SMILES string of the molecule is Cn1cncc1[C@@](N)(c1ccc(I)cc1)c1cnc2c(c1)c(-c1cccc(Cl)n1)cc(=O)n2C. The summed E-state index contributed by atoms with van der Waals surface area (Å²) < 4.78 is 4.53. The van der Waals surface area contributed by atoms with E-state index in [0.717, 1.165) is 25.8 Å². The summed E-state index contributed by atoms with van der Waals surface area (Å²) in [5, 5.41) is 1.09. The third kappa shape index (κ3) is 3.71. The Labute approximate surface area is 214 Å². The number of halogens is 2. The van der Waals surface area contributed by atoms with Crippen molar-refractivity contribution in [3.8, 4) is 11.3 Å². The predicted molar refractivity (Wildman–Crippen MR) is 142 cm³/mol. The summed E-state index contributed by atoms with van der Waals surface area (Å²) in [6.45, 7) is 0. The second-order valence-electron chi connectivity index (χ2n) is 8.10. The van der Waals surface area contributed by atoms with Crippen LogP contribution in [0.2, 0.25) is 5.15 Å². The van der Waals surface area contributed by atoms with E-state index in [2.05, 4.69) is 37.5 Å². The molecule has 4 heterocycles. The number of rotatable bonds is 4. The van der Waals surface area contributed by atoms with Gasteiger partial charge in [0.2, 0.25) is 0 Å². The molecule has 0 spiro atoms. The second-order valence-corrected chi connectivity index (χ2v) is 9.73. The van der Waals surface area contributed by atoms with E-state index >= 15 is 0 Å². The smallest absolute Gasteiger partial charge is 0.252 e. The monoisotopic (exact) mass is 582 g/mol. The molecule has 170 valence electrons. The van der Waals surface area contributed by atoms with Gasteiger partial charge >= 0.3 is 0 Å². The molecule has 0 fully saturated rings. The third-order valence-electron chi connectivity index (χ3n) is 6.04. The average Bonchev–Trinajstić information content (AvgIpc) is 3.27.